The molecule has 2 rings (SSSR count). The van der Waals surface area contributed by atoms with Gasteiger partial charge in [0.25, 0.3) is 0 Å². The van der Waals surface area contributed by atoms with Crippen LogP contribution >= 0.6 is 0 Å². The van der Waals surface area contributed by atoms with Crippen LogP contribution in [0.15, 0.2) is 61.2 Å². The molecule has 3 nitrogen and oxygen atoms in total. The molecule has 0 saturated carbocycles. The highest BCUT2D eigenvalue weighted by Gasteiger charge is 2.15. The molecule has 1 unspecified atom stereocenters. The molecule has 0 radical (unpaired) electrons. The molecule has 2 aromatic carbocycles. The SMILES string of the molecule is C=CCC(Nc1ccccc1O)c1ccccc1OC. The fraction of sp³-hybridized carbons (Fsp3) is 0.176. The van der Waals surface area contributed by atoms with Crippen molar-refractivity contribution < 1.29 is 9.84 Å². The molecule has 104 valence electrons. The second kappa shape index (κ2) is 6.66. The molecule has 0 saturated heterocycles. The lowest BCUT2D eigenvalue weighted by Gasteiger charge is -2.21. The van der Waals surface area contributed by atoms with Crippen LogP contribution in [-0.4, -0.2) is 12.2 Å². The van der Waals surface area contributed by atoms with Gasteiger partial charge in [0.15, 0.2) is 0 Å². The van der Waals surface area contributed by atoms with Crippen molar-refractivity contribution in [2.75, 3.05) is 12.4 Å². The molecule has 0 bridgehead atoms. The molecule has 20 heavy (non-hydrogen) atoms. The lowest BCUT2D eigenvalue weighted by atomic mass is 10.0. The fourth-order valence-electron chi connectivity index (χ4n) is 2.17. The Bertz CT molecular complexity index is 581. The van der Waals surface area contributed by atoms with E-state index in [2.05, 4.69) is 11.9 Å². The first kappa shape index (κ1) is 14.0. The lowest BCUT2D eigenvalue weighted by Crippen LogP contribution is -2.11. The molecule has 0 aliphatic rings. The van der Waals surface area contributed by atoms with E-state index in [9.17, 15) is 5.11 Å². The minimum Gasteiger partial charge on any atom is -0.506 e. The van der Waals surface area contributed by atoms with Gasteiger partial charge in [-0.15, -0.1) is 6.58 Å². The summed E-state index contributed by atoms with van der Waals surface area (Å²) in [6.07, 6.45) is 2.58. The number of ether oxygens (including phenoxy) is 1. The quantitative estimate of drug-likeness (QED) is 0.612. The Labute approximate surface area is 119 Å². The van der Waals surface area contributed by atoms with Crippen LogP contribution in [0.4, 0.5) is 5.69 Å². The van der Waals surface area contributed by atoms with Gasteiger partial charge in [0, 0.05) is 5.56 Å². The molecular weight excluding hydrogens is 250 g/mol. The lowest BCUT2D eigenvalue weighted by molar-refractivity contribution is 0.407. The van der Waals surface area contributed by atoms with E-state index < -0.39 is 0 Å². The number of methoxy groups -OCH3 is 1. The van der Waals surface area contributed by atoms with E-state index >= 15 is 0 Å². The third-order valence-corrected chi connectivity index (χ3v) is 3.15. The van der Waals surface area contributed by atoms with Crippen molar-refractivity contribution in [3.8, 4) is 11.5 Å². The maximum absolute atomic E-state index is 9.88. The predicted molar refractivity (Wildman–Crippen MR) is 82.3 cm³/mol. The highest BCUT2D eigenvalue weighted by Crippen LogP contribution is 2.33. The first-order chi connectivity index (χ1) is 9.76. The van der Waals surface area contributed by atoms with Gasteiger partial charge < -0.3 is 15.2 Å². The summed E-state index contributed by atoms with van der Waals surface area (Å²) in [5.74, 6) is 1.05. The zero-order valence-corrected chi connectivity index (χ0v) is 11.5. The molecule has 0 fully saturated rings. The molecule has 3 heteroatoms. The molecule has 0 amide bonds. The summed E-state index contributed by atoms with van der Waals surface area (Å²) < 4.78 is 5.40. The van der Waals surface area contributed by atoms with Crippen LogP contribution in [0.5, 0.6) is 11.5 Å². The van der Waals surface area contributed by atoms with E-state index in [1.54, 1.807) is 19.2 Å². The Balaban J connectivity index is 2.32. The normalized spacial score (nSPS) is 11.7. The van der Waals surface area contributed by atoms with E-state index in [-0.39, 0.29) is 11.8 Å². The molecule has 1 atom stereocenters. The third kappa shape index (κ3) is 3.12. The molecule has 0 aliphatic heterocycles. The van der Waals surface area contributed by atoms with Gasteiger partial charge in [-0.1, -0.05) is 36.4 Å². The van der Waals surface area contributed by atoms with Crippen LogP contribution in [0, 0.1) is 0 Å². The van der Waals surface area contributed by atoms with Gasteiger partial charge in [0.2, 0.25) is 0 Å². The number of rotatable bonds is 6. The minimum atomic E-state index is -0.00282. The number of aromatic hydroxyl groups is 1. The average molecular weight is 269 g/mol. The first-order valence-corrected chi connectivity index (χ1v) is 6.54. The topological polar surface area (TPSA) is 41.5 Å². The second-order valence-corrected chi connectivity index (χ2v) is 4.48. The predicted octanol–water partition coefficient (Wildman–Crippen LogP) is 4.13. The average Bonchev–Trinajstić information content (AvgIpc) is 2.49. The van der Waals surface area contributed by atoms with Crippen molar-refractivity contribution in [1.29, 1.82) is 0 Å². The van der Waals surface area contributed by atoms with Gasteiger partial charge in [-0.2, -0.15) is 0 Å². The number of hydrogen-bond donors (Lipinski definition) is 2. The number of para-hydroxylation sites is 3. The Morgan fingerprint density at radius 3 is 2.60 bits per heavy atom. The van der Waals surface area contributed by atoms with E-state index in [1.165, 1.54) is 0 Å². The van der Waals surface area contributed by atoms with Crippen LogP contribution in [0.3, 0.4) is 0 Å². The maximum atomic E-state index is 9.88. The Kier molecular flexibility index (Phi) is 4.66. The standard InChI is InChI=1S/C17H19NO2/c1-3-8-14(13-9-4-7-12-17(13)20-2)18-15-10-5-6-11-16(15)19/h3-7,9-12,14,18-19H,1,8H2,2H3. The number of phenolic OH excluding ortho intramolecular Hbond substituents is 1. The largest absolute Gasteiger partial charge is 0.506 e. The monoisotopic (exact) mass is 269 g/mol. The Morgan fingerprint density at radius 1 is 1.20 bits per heavy atom. The van der Waals surface area contributed by atoms with Gasteiger partial charge in [-0.25, -0.2) is 0 Å². The molecule has 0 heterocycles. The van der Waals surface area contributed by atoms with E-state index in [0.717, 1.165) is 17.7 Å². The first-order valence-electron chi connectivity index (χ1n) is 6.54. The molecule has 2 N–H and O–H groups in total. The van der Waals surface area contributed by atoms with Gasteiger partial charge in [-0.3, -0.25) is 0 Å². The smallest absolute Gasteiger partial charge is 0.138 e. The minimum absolute atomic E-state index is 0.00282. The van der Waals surface area contributed by atoms with Crippen LogP contribution in [0.25, 0.3) is 0 Å². The van der Waals surface area contributed by atoms with Crippen molar-refractivity contribution in [2.45, 2.75) is 12.5 Å². The van der Waals surface area contributed by atoms with E-state index in [1.807, 2.05) is 42.5 Å². The molecular formula is C17H19NO2. The van der Waals surface area contributed by atoms with Crippen LogP contribution in [0.1, 0.15) is 18.0 Å². The zero-order valence-electron chi connectivity index (χ0n) is 11.5. The Hall–Kier alpha value is -2.42. The molecule has 0 aliphatic carbocycles. The summed E-state index contributed by atoms with van der Waals surface area (Å²) >= 11 is 0. The highest BCUT2D eigenvalue weighted by atomic mass is 16.5. The molecule has 0 spiro atoms. The van der Waals surface area contributed by atoms with Crippen molar-refractivity contribution >= 4 is 5.69 Å². The van der Waals surface area contributed by atoms with Crippen LogP contribution in [0.2, 0.25) is 0 Å². The van der Waals surface area contributed by atoms with Crippen LogP contribution in [-0.2, 0) is 0 Å². The van der Waals surface area contributed by atoms with Gasteiger partial charge in [0.05, 0.1) is 18.8 Å². The highest BCUT2D eigenvalue weighted by molar-refractivity contribution is 5.57. The van der Waals surface area contributed by atoms with E-state index in [4.69, 9.17) is 4.74 Å². The summed E-state index contributed by atoms with van der Waals surface area (Å²) in [4.78, 5) is 0. The number of hydrogen-bond acceptors (Lipinski definition) is 3. The number of nitrogens with one attached hydrogen (secondary N) is 1. The molecule has 2 aromatic rings. The van der Waals surface area contributed by atoms with Gasteiger partial charge in [0.1, 0.15) is 11.5 Å². The maximum Gasteiger partial charge on any atom is 0.138 e. The number of anilines is 1. The Morgan fingerprint density at radius 2 is 1.90 bits per heavy atom. The summed E-state index contributed by atoms with van der Waals surface area (Å²) in [5.41, 5.74) is 1.74. The number of benzene rings is 2. The van der Waals surface area contributed by atoms with E-state index in [0.29, 0.717) is 5.69 Å². The number of phenols is 1. The summed E-state index contributed by atoms with van der Waals surface area (Å²) in [7, 11) is 1.66. The summed E-state index contributed by atoms with van der Waals surface area (Å²) in [6, 6.07) is 15.0. The van der Waals surface area contributed by atoms with Crippen molar-refractivity contribution in [2.24, 2.45) is 0 Å². The van der Waals surface area contributed by atoms with Crippen molar-refractivity contribution in [3.63, 3.8) is 0 Å². The van der Waals surface area contributed by atoms with Gasteiger partial charge >= 0.3 is 0 Å². The van der Waals surface area contributed by atoms with Crippen molar-refractivity contribution in [3.05, 3.63) is 66.7 Å². The fourth-order valence-corrected chi connectivity index (χ4v) is 2.17. The van der Waals surface area contributed by atoms with Crippen molar-refractivity contribution in [1.82, 2.24) is 0 Å². The van der Waals surface area contributed by atoms with Crippen LogP contribution < -0.4 is 10.1 Å². The molecule has 0 aromatic heterocycles. The zero-order chi connectivity index (χ0) is 14.4. The summed E-state index contributed by atoms with van der Waals surface area (Å²) in [6.45, 7) is 3.80. The second-order valence-electron chi connectivity index (χ2n) is 4.48. The van der Waals surface area contributed by atoms with Gasteiger partial charge in [-0.05, 0) is 24.6 Å². The third-order valence-electron chi connectivity index (χ3n) is 3.15. The summed E-state index contributed by atoms with van der Waals surface area (Å²) in [5, 5.41) is 13.2.